The van der Waals surface area contributed by atoms with E-state index in [-0.39, 0.29) is 22.2 Å². The van der Waals surface area contributed by atoms with Crippen molar-refractivity contribution in [1.82, 2.24) is 15.4 Å². The largest absolute Gasteiger partial charge is 0.355 e. The summed E-state index contributed by atoms with van der Waals surface area (Å²) in [5, 5.41) is 25.8. The zero-order chi connectivity index (χ0) is 23.4. The van der Waals surface area contributed by atoms with Crippen LogP contribution >= 0.6 is 23.2 Å². The summed E-state index contributed by atoms with van der Waals surface area (Å²) in [6.07, 6.45) is 1.05. The number of hydrogen-bond acceptors (Lipinski definition) is 9. The fourth-order valence-electron chi connectivity index (χ4n) is 2.59. The number of nitro groups is 2. The number of hydrazine groups is 1. The zero-order valence-electron chi connectivity index (χ0n) is 16.1. The number of aromatic nitrogens is 2. The average molecular weight is 478 g/mol. The molecule has 0 aliphatic carbocycles. The molecule has 0 atom stereocenters. The third-order valence-electron chi connectivity index (χ3n) is 4.23. The third kappa shape index (κ3) is 4.82. The summed E-state index contributed by atoms with van der Waals surface area (Å²) >= 11 is 11.8. The van der Waals surface area contributed by atoms with Crippen LogP contribution in [-0.4, -0.2) is 25.7 Å². The van der Waals surface area contributed by atoms with Gasteiger partial charge >= 0.3 is 5.69 Å². The van der Waals surface area contributed by atoms with Crippen molar-refractivity contribution < 1.29 is 14.6 Å². The number of benzene rings is 2. The number of nitrogens with zero attached hydrogens (tertiary/aromatic N) is 4. The number of rotatable bonds is 7. The summed E-state index contributed by atoms with van der Waals surface area (Å²) in [7, 11) is 0. The van der Waals surface area contributed by atoms with Crippen molar-refractivity contribution in [3.8, 4) is 0 Å². The van der Waals surface area contributed by atoms with E-state index in [9.17, 15) is 25.0 Å². The molecular weight excluding hydrogens is 465 g/mol. The van der Waals surface area contributed by atoms with Crippen LogP contribution in [0.1, 0.15) is 15.9 Å². The van der Waals surface area contributed by atoms with Gasteiger partial charge in [0.2, 0.25) is 11.6 Å². The molecule has 0 saturated carbocycles. The normalized spacial score (nSPS) is 10.3. The van der Waals surface area contributed by atoms with E-state index >= 15 is 0 Å². The van der Waals surface area contributed by atoms with Crippen LogP contribution in [-0.2, 0) is 0 Å². The lowest BCUT2D eigenvalue weighted by Gasteiger charge is -2.12. The average Bonchev–Trinajstić information content (AvgIpc) is 2.75. The molecule has 3 rings (SSSR count). The second kappa shape index (κ2) is 9.41. The highest BCUT2D eigenvalue weighted by Crippen LogP contribution is 2.33. The molecule has 0 aliphatic heterocycles. The smallest absolute Gasteiger partial charge is 0.334 e. The van der Waals surface area contributed by atoms with Gasteiger partial charge in [-0.25, -0.2) is 9.97 Å². The Kier molecular flexibility index (Phi) is 6.66. The van der Waals surface area contributed by atoms with Gasteiger partial charge in [-0.2, -0.15) is 0 Å². The van der Waals surface area contributed by atoms with Gasteiger partial charge < -0.3 is 5.32 Å². The molecule has 0 bridgehead atoms. The first kappa shape index (κ1) is 22.7. The topological polar surface area (TPSA) is 165 Å². The van der Waals surface area contributed by atoms with Gasteiger partial charge in [0.1, 0.15) is 11.3 Å². The first-order valence-electron chi connectivity index (χ1n) is 8.71. The summed E-state index contributed by atoms with van der Waals surface area (Å²) in [5.74, 6) is -1.27. The van der Waals surface area contributed by atoms with Gasteiger partial charge in [-0.15, -0.1) is 0 Å². The fraction of sp³-hybridized carbons (Fsp3) is 0.0556. The monoisotopic (exact) mass is 477 g/mol. The van der Waals surface area contributed by atoms with Crippen molar-refractivity contribution in [3.63, 3.8) is 0 Å². The number of carbonyl (C=O) groups is 1. The van der Waals surface area contributed by atoms with Gasteiger partial charge in [0.15, 0.2) is 0 Å². The van der Waals surface area contributed by atoms with Crippen LogP contribution in [0.15, 0.2) is 42.7 Å². The maximum atomic E-state index is 12.4. The molecule has 1 aromatic heterocycles. The summed E-state index contributed by atoms with van der Waals surface area (Å²) in [4.78, 5) is 41.3. The van der Waals surface area contributed by atoms with Crippen molar-refractivity contribution in [1.29, 1.82) is 0 Å². The lowest BCUT2D eigenvalue weighted by molar-refractivity contribution is -0.384. The number of nitro benzene ring substituents is 1. The van der Waals surface area contributed by atoms with E-state index in [1.54, 1.807) is 25.1 Å². The molecule has 2 aromatic carbocycles. The van der Waals surface area contributed by atoms with Crippen LogP contribution in [0.2, 0.25) is 10.0 Å². The lowest BCUT2D eigenvalue weighted by Crippen LogP contribution is -2.30. The second-order valence-corrected chi connectivity index (χ2v) is 7.03. The number of anilines is 3. The van der Waals surface area contributed by atoms with E-state index in [2.05, 4.69) is 26.1 Å². The second-order valence-electron chi connectivity index (χ2n) is 6.22. The maximum absolute atomic E-state index is 12.4. The van der Waals surface area contributed by atoms with E-state index in [0.29, 0.717) is 16.3 Å². The zero-order valence-corrected chi connectivity index (χ0v) is 17.6. The molecule has 3 aromatic rings. The van der Waals surface area contributed by atoms with Gasteiger partial charge in [0.05, 0.1) is 9.85 Å². The molecule has 0 unspecified atom stereocenters. The molecule has 12 nitrogen and oxygen atoms in total. The molecule has 164 valence electrons. The van der Waals surface area contributed by atoms with Crippen LogP contribution in [0.4, 0.5) is 28.7 Å². The molecule has 0 saturated heterocycles. The quantitative estimate of drug-likeness (QED) is 0.329. The molecule has 1 amide bonds. The molecular formula is C18H13Cl2N7O5. The summed E-state index contributed by atoms with van der Waals surface area (Å²) in [6, 6.07) is 8.42. The minimum absolute atomic E-state index is 0.0989. The van der Waals surface area contributed by atoms with E-state index < -0.39 is 27.1 Å². The Morgan fingerprint density at radius 1 is 1.00 bits per heavy atom. The molecule has 32 heavy (non-hydrogen) atoms. The Balaban J connectivity index is 1.86. The highest BCUT2D eigenvalue weighted by molar-refractivity contribution is 6.32. The lowest BCUT2D eigenvalue weighted by atomic mass is 10.2. The van der Waals surface area contributed by atoms with Gasteiger partial charge in [0, 0.05) is 22.3 Å². The summed E-state index contributed by atoms with van der Waals surface area (Å²) < 4.78 is 0. The van der Waals surface area contributed by atoms with Gasteiger partial charge in [-0.05, 0) is 36.8 Å². The first-order valence-corrected chi connectivity index (χ1v) is 9.46. The van der Waals surface area contributed by atoms with Crippen molar-refractivity contribution in [3.05, 3.63) is 84.1 Å². The van der Waals surface area contributed by atoms with Crippen LogP contribution in [0.3, 0.4) is 0 Å². The Morgan fingerprint density at radius 2 is 1.72 bits per heavy atom. The van der Waals surface area contributed by atoms with E-state index in [4.69, 9.17) is 23.2 Å². The number of amides is 1. The fourth-order valence-corrected chi connectivity index (χ4v) is 2.95. The Bertz CT molecular complexity index is 1240. The van der Waals surface area contributed by atoms with Crippen molar-refractivity contribution in [2.75, 3.05) is 10.7 Å². The van der Waals surface area contributed by atoms with Crippen LogP contribution in [0.25, 0.3) is 0 Å². The van der Waals surface area contributed by atoms with E-state index in [0.717, 1.165) is 12.4 Å². The minimum atomic E-state index is -0.808. The van der Waals surface area contributed by atoms with Crippen molar-refractivity contribution in [2.45, 2.75) is 6.92 Å². The van der Waals surface area contributed by atoms with Gasteiger partial charge in [-0.3, -0.25) is 35.9 Å². The highest BCUT2D eigenvalue weighted by atomic mass is 35.5. The molecule has 0 aliphatic rings. The molecule has 0 radical (unpaired) electrons. The number of carbonyl (C=O) groups excluding carboxylic acids is 1. The van der Waals surface area contributed by atoms with E-state index in [1.807, 2.05) is 0 Å². The number of halogens is 2. The summed E-state index contributed by atoms with van der Waals surface area (Å²) in [6.45, 7) is 1.72. The number of hydrogen-bond donors (Lipinski definition) is 3. The highest BCUT2D eigenvalue weighted by Gasteiger charge is 2.24. The van der Waals surface area contributed by atoms with Crippen molar-refractivity contribution >= 4 is 57.8 Å². The van der Waals surface area contributed by atoms with Gasteiger partial charge in [0.25, 0.3) is 11.6 Å². The van der Waals surface area contributed by atoms with Crippen LogP contribution in [0, 0.1) is 27.2 Å². The predicted octanol–water partition coefficient (Wildman–Crippen LogP) is 4.41. The van der Waals surface area contributed by atoms with E-state index in [1.165, 1.54) is 12.1 Å². The predicted molar refractivity (Wildman–Crippen MR) is 117 cm³/mol. The molecule has 1 heterocycles. The SMILES string of the molecule is Cc1c(Cl)cccc1Nc1ncnc(NNC(=O)c2ccc(Cl)c([N+](=O)[O-])c2)c1[N+](=O)[O-]. The first-order chi connectivity index (χ1) is 15.2. The Morgan fingerprint density at radius 3 is 2.41 bits per heavy atom. The molecule has 0 spiro atoms. The van der Waals surface area contributed by atoms with Crippen LogP contribution < -0.4 is 16.2 Å². The van der Waals surface area contributed by atoms with Gasteiger partial charge in [-0.1, -0.05) is 29.3 Å². The third-order valence-corrected chi connectivity index (χ3v) is 4.95. The van der Waals surface area contributed by atoms with Crippen molar-refractivity contribution in [2.24, 2.45) is 0 Å². The summed E-state index contributed by atoms with van der Waals surface area (Å²) in [5.41, 5.74) is 4.58. The molecule has 14 heteroatoms. The molecule has 3 N–H and O–H groups in total. The molecule has 0 fully saturated rings. The minimum Gasteiger partial charge on any atom is -0.334 e. The maximum Gasteiger partial charge on any atom is 0.355 e. The standard InChI is InChI=1S/C18H13Cl2N7O5/c1-9-11(19)3-2-4-13(9)23-16-15(27(31)32)17(22-8-21-16)24-25-18(28)10-5-6-12(20)14(7-10)26(29)30/h2-8H,1H3,(H,25,28)(H2,21,22,23,24). The van der Waals surface area contributed by atoms with Crippen LogP contribution in [0.5, 0.6) is 0 Å². The Hall–Kier alpha value is -4.03. The number of nitrogens with one attached hydrogen (secondary N) is 3. The Labute approximate surface area is 189 Å².